The number of anilines is 1. The molecule has 126 valence electrons. The van der Waals surface area contributed by atoms with Crippen LogP contribution in [0.2, 0.25) is 0 Å². The Bertz CT molecular complexity index is 921. The molecule has 0 amide bonds. The number of nitrogens with zero attached hydrogens (tertiary/aromatic N) is 1. The van der Waals surface area contributed by atoms with Crippen molar-refractivity contribution in [2.75, 3.05) is 11.4 Å². The lowest BCUT2D eigenvalue weighted by Gasteiger charge is -2.23. The molecule has 9 heteroatoms. The molecule has 0 aromatic heterocycles. The first-order valence-electron chi connectivity index (χ1n) is 6.50. The molecule has 2 aromatic carbocycles. The minimum Gasteiger partial charge on any atom is -0.872 e. The first-order chi connectivity index (χ1) is 11.2. The third-order valence-electron chi connectivity index (χ3n) is 3.30. The summed E-state index contributed by atoms with van der Waals surface area (Å²) in [6.07, 6.45) is 0. The molecular formula is C15H11NO7S-2. The van der Waals surface area contributed by atoms with E-state index in [-0.39, 0.29) is 11.3 Å². The van der Waals surface area contributed by atoms with Crippen molar-refractivity contribution in [3.8, 4) is 5.75 Å². The average Bonchev–Trinajstić information content (AvgIpc) is 2.53. The highest BCUT2D eigenvalue weighted by molar-refractivity contribution is 7.92. The molecule has 0 aliphatic carbocycles. The minimum atomic E-state index is -4.28. The Kier molecular flexibility index (Phi) is 4.47. The van der Waals surface area contributed by atoms with Crippen molar-refractivity contribution >= 4 is 27.6 Å². The zero-order valence-electron chi connectivity index (χ0n) is 12.3. The molecule has 2 rings (SSSR count). The van der Waals surface area contributed by atoms with E-state index in [2.05, 4.69) is 0 Å². The van der Waals surface area contributed by atoms with Crippen molar-refractivity contribution in [2.45, 2.75) is 4.90 Å². The first kappa shape index (κ1) is 17.3. The Balaban J connectivity index is 2.58. The maximum absolute atomic E-state index is 12.6. The predicted octanol–water partition coefficient (Wildman–Crippen LogP) is -0.353. The number of hydrogen-bond acceptors (Lipinski definition) is 6. The monoisotopic (exact) mass is 349 g/mol. The van der Waals surface area contributed by atoms with Gasteiger partial charge in [0, 0.05) is 12.6 Å². The number of carboxylic acids is 2. The Morgan fingerprint density at radius 1 is 1.08 bits per heavy atom. The van der Waals surface area contributed by atoms with Gasteiger partial charge in [-0.1, -0.05) is 30.0 Å². The van der Waals surface area contributed by atoms with E-state index in [4.69, 9.17) is 5.11 Å². The Morgan fingerprint density at radius 2 is 1.71 bits per heavy atom. The van der Waals surface area contributed by atoms with Gasteiger partial charge in [0.15, 0.2) is 0 Å². The van der Waals surface area contributed by atoms with Crippen LogP contribution in [0.25, 0.3) is 0 Å². The van der Waals surface area contributed by atoms with Crippen LogP contribution in [-0.2, 0) is 10.0 Å². The minimum absolute atomic E-state index is 0.152. The normalized spacial score (nSPS) is 11.0. The van der Waals surface area contributed by atoms with Gasteiger partial charge in [-0.3, -0.25) is 4.31 Å². The highest BCUT2D eigenvalue weighted by atomic mass is 32.2. The van der Waals surface area contributed by atoms with E-state index in [1.807, 2.05) is 0 Å². The second-order valence-corrected chi connectivity index (χ2v) is 6.71. The number of rotatable bonds is 5. The molecule has 0 unspecified atom stereocenters. The fraction of sp³-hybridized carbons (Fsp3) is 0.0667. The summed E-state index contributed by atoms with van der Waals surface area (Å²) < 4.78 is 25.9. The van der Waals surface area contributed by atoms with Crippen LogP contribution in [0.5, 0.6) is 5.75 Å². The van der Waals surface area contributed by atoms with E-state index in [9.17, 15) is 28.2 Å². The van der Waals surface area contributed by atoms with Crippen LogP contribution in [0.4, 0.5) is 5.69 Å². The molecule has 8 nitrogen and oxygen atoms in total. The fourth-order valence-electron chi connectivity index (χ4n) is 2.05. The van der Waals surface area contributed by atoms with Crippen molar-refractivity contribution in [3.63, 3.8) is 0 Å². The van der Waals surface area contributed by atoms with E-state index in [0.29, 0.717) is 4.31 Å². The van der Waals surface area contributed by atoms with Crippen molar-refractivity contribution in [1.29, 1.82) is 0 Å². The Labute approximate surface area is 137 Å². The molecule has 0 aliphatic rings. The molecule has 0 atom stereocenters. The van der Waals surface area contributed by atoms with Crippen LogP contribution >= 0.6 is 0 Å². The van der Waals surface area contributed by atoms with Gasteiger partial charge >= 0.3 is 5.97 Å². The number of carbonyl (C=O) groups is 2. The lowest BCUT2D eigenvalue weighted by molar-refractivity contribution is -0.268. The summed E-state index contributed by atoms with van der Waals surface area (Å²) in [7, 11) is -3.17. The number of aromatic carboxylic acids is 2. The zero-order chi connectivity index (χ0) is 18.1. The van der Waals surface area contributed by atoms with Gasteiger partial charge < -0.3 is 20.1 Å². The Hall–Kier alpha value is -3.07. The van der Waals surface area contributed by atoms with Crippen LogP contribution in [0.15, 0.2) is 47.4 Å². The zero-order valence-corrected chi connectivity index (χ0v) is 13.1. The van der Waals surface area contributed by atoms with Gasteiger partial charge in [-0.2, -0.15) is 0 Å². The highest BCUT2D eigenvalue weighted by Crippen LogP contribution is 2.27. The van der Waals surface area contributed by atoms with Gasteiger partial charge in [0.1, 0.15) is 0 Å². The SMILES string of the molecule is CN(c1ccccc1C(=O)[O-])S(=O)(=O)c1ccc([O-])c(C(=O)O)c1. The summed E-state index contributed by atoms with van der Waals surface area (Å²) in [5.74, 6) is -3.96. The van der Waals surface area contributed by atoms with Crippen molar-refractivity contribution in [3.05, 3.63) is 53.6 Å². The van der Waals surface area contributed by atoms with Crippen LogP contribution in [0, 0.1) is 0 Å². The van der Waals surface area contributed by atoms with Crippen molar-refractivity contribution < 1.29 is 33.3 Å². The molecule has 2 aromatic rings. The first-order valence-corrected chi connectivity index (χ1v) is 7.94. The van der Waals surface area contributed by atoms with Crippen LogP contribution in [0.1, 0.15) is 20.7 Å². The molecule has 1 N–H and O–H groups in total. The van der Waals surface area contributed by atoms with Gasteiger partial charge in [-0.05, 0) is 18.2 Å². The largest absolute Gasteiger partial charge is 0.872 e. The van der Waals surface area contributed by atoms with Crippen LogP contribution in [0.3, 0.4) is 0 Å². The lowest BCUT2D eigenvalue weighted by atomic mass is 10.2. The van der Waals surface area contributed by atoms with Gasteiger partial charge in [0.2, 0.25) is 0 Å². The molecule has 0 saturated carbocycles. The van der Waals surface area contributed by atoms with Crippen molar-refractivity contribution in [1.82, 2.24) is 0 Å². The summed E-state index contributed by atoms with van der Waals surface area (Å²) >= 11 is 0. The van der Waals surface area contributed by atoms with E-state index in [1.54, 1.807) is 0 Å². The van der Waals surface area contributed by atoms with E-state index >= 15 is 0 Å². The number of para-hydroxylation sites is 1. The van der Waals surface area contributed by atoms with Gasteiger partial charge in [-0.15, -0.1) is 0 Å². The molecular weight excluding hydrogens is 338 g/mol. The molecule has 0 fully saturated rings. The number of benzene rings is 2. The van der Waals surface area contributed by atoms with Crippen molar-refractivity contribution in [2.24, 2.45) is 0 Å². The van der Waals surface area contributed by atoms with Gasteiger partial charge in [0.05, 0.1) is 22.1 Å². The summed E-state index contributed by atoms with van der Waals surface area (Å²) in [5, 5.41) is 31.5. The number of carboxylic acid groups (broad SMARTS) is 2. The molecule has 0 radical (unpaired) electrons. The van der Waals surface area contributed by atoms with Gasteiger partial charge in [0.25, 0.3) is 10.0 Å². The molecule has 0 spiro atoms. The third-order valence-corrected chi connectivity index (χ3v) is 5.07. The maximum Gasteiger partial charge on any atom is 0.335 e. The maximum atomic E-state index is 12.6. The lowest BCUT2D eigenvalue weighted by Crippen LogP contribution is -2.31. The molecule has 0 bridgehead atoms. The number of sulfonamides is 1. The van der Waals surface area contributed by atoms with E-state index < -0.39 is 38.2 Å². The molecule has 24 heavy (non-hydrogen) atoms. The standard InChI is InChI=1S/C15H13NO7S/c1-16(12-5-3-2-4-10(12)14(18)19)24(22,23)9-6-7-13(17)11(8-9)15(20)21/h2-8,17H,1H3,(H,18,19)(H,20,21)/p-2. The summed E-state index contributed by atoms with van der Waals surface area (Å²) in [5.41, 5.74) is -1.19. The van der Waals surface area contributed by atoms with E-state index in [1.165, 1.54) is 24.3 Å². The second kappa shape index (κ2) is 6.20. The summed E-state index contributed by atoms with van der Waals surface area (Å²) in [6.45, 7) is 0. The predicted molar refractivity (Wildman–Crippen MR) is 79.2 cm³/mol. The number of hydrogen-bond donors (Lipinski definition) is 1. The highest BCUT2D eigenvalue weighted by Gasteiger charge is 2.24. The molecule has 0 heterocycles. The summed E-state index contributed by atoms with van der Waals surface area (Å²) in [6, 6.07) is 7.82. The molecule has 0 saturated heterocycles. The topological polar surface area (TPSA) is 138 Å². The smallest absolute Gasteiger partial charge is 0.335 e. The van der Waals surface area contributed by atoms with Crippen LogP contribution in [-0.4, -0.2) is 32.5 Å². The second-order valence-electron chi connectivity index (χ2n) is 4.74. The third kappa shape index (κ3) is 3.01. The quantitative estimate of drug-likeness (QED) is 0.778. The molecule has 0 aliphatic heterocycles. The summed E-state index contributed by atoms with van der Waals surface area (Å²) in [4.78, 5) is 21.7. The fourth-order valence-corrected chi connectivity index (χ4v) is 3.29. The number of carbonyl (C=O) groups excluding carboxylic acids is 1. The van der Waals surface area contributed by atoms with Crippen LogP contribution < -0.4 is 14.5 Å². The van der Waals surface area contributed by atoms with E-state index in [0.717, 1.165) is 25.2 Å². The van der Waals surface area contributed by atoms with Gasteiger partial charge in [-0.25, -0.2) is 13.2 Å². The Morgan fingerprint density at radius 3 is 2.29 bits per heavy atom. The average molecular weight is 349 g/mol.